The summed E-state index contributed by atoms with van der Waals surface area (Å²) in [4.78, 5) is 12.2. The Balaban J connectivity index is 2.06. The van der Waals surface area contributed by atoms with Crippen molar-refractivity contribution < 1.29 is 14.3 Å². The molecule has 1 amide bonds. The Bertz CT molecular complexity index is 917. The fraction of sp³-hybridized carbons (Fsp3) is 0.273. The van der Waals surface area contributed by atoms with Gasteiger partial charge in [-0.1, -0.05) is 29.7 Å². The maximum Gasteiger partial charge on any atom is 0.244 e. The van der Waals surface area contributed by atoms with Gasteiger partial charge in [0, 0.05) is 0 Å². The second kappa shape index (κ2) is 10.5. The first-order valence-corrected chi connectivity index (χ1v) is 9.64. The van der Waals surface area contributed by atoms with Crippen molar-refractivity contribution in [2.45, 2.75) is 27.2 Å². The lowest BCUT2D eigenvalue weighted by Gasteiger charge is -2.13. The fourth-order valence-electron chi connectivity index (χ4n) is 2.61. The van der Waals surface area contributed by atoms with E-state index in [1.165, 1.54) is 5.56 Å². The standard InChI is InChI=1S/C22H23BrN2O3/c1-5-9-28-22-19(23)11-17(12-20(22)27-6-2)14-24-25-21(26)13-18-8-7-15(3)10-16(18)4/h1,7-8,10-12,14H,6,9,13H2,2-4H3,(H,25,26)/b24-14+. The number of nitrogens with zero attached hydrogens (tertiary/aromatic N) is 1. The number of rotatable bonds is 8. The molecule has 0 spiro atoms. The van der Waals surface area contributed by atoms with Crippen LogP contribution >= 0.6 is 15.9 Å². The van der Waals surface area contributed by atoms with Crippen LogP contribution in [0.3, 0.4) is 0 Å². The first-order valence-electron chi connectivity index (χ1n) is 8.85. The summed E-state index contributed by atoms with van der Waals surface area (Å²) in [6.07, 6.45) is 7.08. The highest BCUT2D eigenvalue weighted by molar-refractivity contribution is 9.10. The number of hydrogen-bond acceptors (Lipinski definition) is 4. The van der Waals surface area contributed by atoms with Crippen LogP contribution in [0.2, 0.25) is 0 Å². The highest BCUT2D eigenvalue weighted by Gasteiger charge is 2.11. The molecule has 2 aromatic rings. The van der Waals surface area contributed by atoms with Gasteiger partial charge in [0.25, 0.3) is 0 Å². The summed E-state index contributed by atoms with van der Waals surface area (Å²) in [6.45, 7) is 6.52. The number of nitrogens with one attached hydrogen (secondary N) is 1. The molecule has 0 aliphatic rings. The highest BCUT2D eigenvalue weighted by Crippen LogP contribution is 2.36. The second-order valence-corrected chi connectivity index (χ2v) is 7.01. The summed E-state index contributed by atoms with van der Waals surface area (Å²) in [5.74, 6) is 3.34. The van der Waals surface area contributed by atoms with Crippen molar-refractivity contribution in [1.82, 2.24) is 5.43 Å². The third-order valence-corrected chi connectivity index (χ3v) is 4.47. The first kappa shape index (κ1) is 21.5. The van der Waals surface area contributed by atoms with E-state index in [0.29, 0.717) is 22.6 Å². The summed E-state index contributed by atoms with van der Waals surface area (Å²) >= 11 is 3.45. The Labute approximate surface area is 174 Å². The van der Waals surface area contributed by atoms with E-state index in [4.69, 9.17) is 15.9 Å². The Morgan fingerprint density at radius 3 is 2.75 bits per heavy atom. The average molecular weight is 443 g/mol. The van der Waals surface area contributed by atoms with Gasteiger partial charge in [0.15, 0.2) is 11.5 Å². The van der Waals surface area contributed by atoms with Gasteiger partial charge in [-0.15, -0.1) is 6.42 Å². The van der Waals surface area contributed by atoms with Crippen LogP contribution in [0, 0.1) is 26.2 Å². The molecule has 5 nitrogen and oxygen atoms in total. The Kier molecular flexibility index (Phi) is 8.09. The van der Waals surface area contributed by atoms with Crippen molar-refractivity contribution in [3.05, 3.63) is 57.1 Å². The van der Waals surface area contributed by atoms with Gasteiger partial charge in [-0.25, -0.2) is 5.43 Å². The third-order valence-electron chi connectivity index (χ3n) is 3.88. The molecule has 0 radical (unpaired) electrons. The molecule has 0 fully saturated rings. The fourth-order valence-corrected chi connectivity index (χ4v) is 3.19. The molecule has 0 saturated heterocycles. The van der Waals surface area contributed by atoms with Crippen LogP contribution in [0.15, 0.2) is 39.9 Å². The van der Waals surface area contributed by atoms with E-state index in [9.17, 15) is 4.79 Å². The molecule has 6 heteroatoms. The van der Waals surface area contributed by atoms with E-state index < -0.39 is 0 Å². The predicted molar refractivity (Wildman–Crippen MR) is 115 cm³/mol. The number of terminal acetylenes is 1. The molecule has 0 aliphatic heterocycles. The molecule has 28 heavy (non-hydrogen) atoms. The lowest BCUT2D eigenvalue weighted by atomic mass is 10.0. The molecule has 0 heterocycles. The highest BCUT2D eigenvalue weighted by atomic mass is 79.9. The van der Waals surface area contributed by atoms with Crippen LogP contribution in [0.4, 0.5) is 0 Å². The molecule has 2 aromatic carbocycles. The number of carbonyl (C=O) groups excluding carboxylic acids is 1. The molecule has 0 unspecified atom stereocenters. The van der Waals surface area contributed by atoms with E-state index in [2.05, 4.69) is 38.4 Å². The summed E-state index contributed by atoms with van der Waals surface area (Å²) in [6, 6.07) is 9.61. The molecule has 0 saturated carbocycles. The maximum atomic E-state index is 12.2. The number of halogens is 1. The lowest BCUT2D eigenvalue weighted by Crippen LogP contribution is -2.20. The van der Waals surface area contributed by atoms with Crippen LogP contribution in [0.25, 0.3) is 0 Å². The second-order valence-electron chi connectivity index (χ2n) is 6.16. The van der Waals surface area contributed by atoms with Crippen molar-refractivity contribution in [2.75, 3.05) is 13.2 Å². The maximum absolute atomic E-state index is 12.2. The summed E-state index contributed by atoms with van der Waals surface area (Å²) in [5.41, 5.74) is 6.55. The van der Waals surface area contributed by atoms with Crippen molar-refractivity contribution >= 4 is 28.1 Å². The van der Waals surface area contributed by atoms with E-state index in [1.54, 1.807) is 12.3 Å². The molecular formula is C22H23BrN2O3. The van der Waals surface area contributed by atoms with Gasteiger partial charge < -0.3 is 9.47 Å². The van der Waals surface area contributed by atoms with E-state index >= 15 is 0 Å². The minimum atomic E-state index is -0.179. The quantitative estimate of drug-likeness (QED) is 0.379. The number of benzene rings is 2. The predicted octanol–water partition coefficient (Wildman–Crippen LogP) is 4.17. The molecule has 0 bridgehead atoms. The minimum absolute atomic E-state index is 0.139. The molecule has 0 aliphatic carbocycles. The van der Waals surface area contributed by atoms with E-state index in [1.807, 2.05) is 39.0 Å². The van der Waals surface area contributed by atoms with Gasteiger partial charge in [0.05, 0.1) is 23.7 Å². The van der Waals surface area contributed by atoms with E-state index in [0.717, 1.165) is 16.7 Å². The summed E-state index contributed by atoms with van der Waals surface area (Å²) in [5, 5.41) is 4.05. The molecule has 1 N–H and O–H groups in total. The SMILES string of the molecule is C#CCOc1c(Br)cc(/C=N/NC(=O)Cc2ccc(C)cc2C)cc1OCC. The van der Waals surface area contributed by atoms with Gasteiger partial charge in [0.1, 0.15) is 6.61 Å². The average Bonchev–Trinajstić information content (AvgIpc) is 2.64. The molecule has 0 aromatic heterocycles. The Morgan fingerprint density at radius 1 is 1.29 bits per heavy atom. The molecular weight excluding hydrogens is 420 g/mol. The topological polar surface area (TPSA) is 59.9 Å². The largest absolute Gasteiger partial charge is 0.490 e. The van der Waals surface area contributed by atoms with Gasteiger partial charge in [-0.3, -0.25) is 4.79 Å². The zero-order chi connectivity index (χ0) is 20.5. The Hall–Kier alpha value is -2.78. The summed E-state index contributed by atoms with van der Waals surface area (Å²) < 4.78 is 11.8. The van der Waals surface area contributed by atoms with Gasteiger partial charge >= 0.3 is 0 Å². The summed E-state index contributed by atoms with van der Waals surface area (Å²) in [7, 11) is 0. The van der Waals surface area contributed by atoms with Crippen LogP contribution < -0.4 is 14.9 Å². The van der Waals surface area contributed by atoms with Crippen LogP contribution in [0.5, 0.6) is 11.5 Å². The number of amides is 1. The van der Waals surface area contributed by atoms with Crippen molar-refractivity contribution in [1.29, 1.82) is 0 Å². The molecule has 146 valence electrons. The Morgan fingerprint density at radius 2 is 2.07 bits per heavy atom. The van der Waals surface area contributed by atoms with Crippen LogP contribution in [-0.4, -0.2) is 25.3 Å². The van der Waals surface area contributed by atoms with Gasteiger partial charge in [-0.05, 0) is 65.5 Å². The minimum Gasteiger partial charge on any atom is -0.490 e. The number of hydrogen-bond donors (Lipinski definition) is 1. The lowest BCUT2D eigenvalue weighted by molar-refractivity contribution is -0.120. The van der Waals surface area contributed by atoms with E-state index in [-0.39, 0.29) is 18.9 Å². The van der Waals surface area contributed by atoms with Crippen LogP contribution in [-0.2, 0) is 11.2 Å². The number of carbonyl (C=O) groups is 1. The third kappa shape index (κ3) is 6.14. The number of aryl methyl sites for hydroxylation is 2. The number of hydrazone groups is 1. The molecule has 2 rings (SSSR count). The monoisotopic (exact) mass is 442 g/mol. The van der Waals surface area contributed by atoms with Crippen molar-refractivity contribution in [3.63, 3.8) is 0 Å². The first-order chi connectivity index (χ1) is 13.4. The molecule has 0 atom stereocenters. The van der Waals surface area contributed by atoms with Crippen molar-refractivity contribution in [3.8, 4) is 23.8 Å². The number of ether oxygens (including phenoxy) is 2. The van der Waals surface area contributed by atoms with Crippen molar-refractivity contribution in [2.24, 2.45) is 5.10 Å². The normalized spacial score (nSPS) is 10.5. The smallest absolute Gasteiger partial charge is 0.244 e. The zero-order valence-electron chi connectivity index (χ0n) is 16.2. The van der Waals surface area contributed by atoms with Gasteiger partial charge in [-0.2, -0.15) is 5.10 Å². The van der Waals surface area contributed by atoms with Gasteiger partial charge in [0.2, 0.25) is 5.91 Å². The van der Waals surface area contributed by atoms with Crippen LogP contribution in [0.1, 0.15) is 29.2 Å². The zero-order valence-corrected chi connectivity index (χ0v) is 17.8.